The number of amides is 1. The molecule has 0 spiro atoms. The van der Waals surface area contributed by atoms with Gasteiger partial charge in [0, 0.05) is 5.69 Å². The predicted octanol–water partition coefficient (Wildman–Crippen LogP) is 4.62. The number of carbonyl (C=O) groups excluding carboxylic acids is 1. The quantitative estimate of drug-likeness (QED) is 0.510. The van der Waals surface area contributed by atoms with Crippen LogP contribution in [0, 0.1) is 5.82 Å². The molecule has 1 amide bonds. The molecule has 3 rings (SSSR count). The van der Waals surface area contributed by atoms with Gasteiger partial charge in [-0.15, -0.1) is 0 Å². The highest BCUT2D eigenvalue weighted by molar-refractivity contribution is 7.92. The van der Waals surface area contributed by atoms with Gasteiger partial charge in [0.1, 0.15) is 18.1 Å². The van der Waals surface area contributed by atoms with Crippen molar-refractivity contribution < 1.29 is 22.3 Å². The first-order valence-corrected chi connectivity index (χ1v) is 11.7. The highest BCUT2D eigenvalue weighted by Crippen LogP contribution is 2.26. The number of nitrogens with one attached hydrogen (secondary N) is 1. The van der Waals surface area contributed by atoms with Crippen LogP contribution in [0.5, 0.6) is 5.75 Å². The monoisotopic (exact) mass is 456 g/mol. The minimum Gasteiger partial charge on any atom is -0.494 e. The maximum Gasteiger partial charge on any atom is 0.264 e. The van der Waals surface area contributed by atoms with Crippen molar-refractivity contribution >= 4 is 27.3 Å². The third-order valence-electron chi connectivity index (χ3n) is 4.77. The molecule has 6 nitrogen and oxygen atoms in total. The van der Waals surface area contributed by atoms with Crippen LogP contribution in [0.2, 0.25) is 0 Å². The Labute approximate surface area is 187 Å². The first kappa shape index (κ1) is 23.3. The van der Waals surface area contributed by atoms with E-state index in [1.54, 1.807) is 36.4 Å². The smallest absolute Gasteiger partial charge is 0.264 e. The van der Waals surface area contributed by atoms with Gasteiger partial charge in [-0.05, 0) is 79.6 Å². The van der Waals surface area contributed by atoms with E-state index in [2.05, 4.69) is 5.32 Å². The first-order valence-electron chi connectivity index (χ1n) is 10.2. The summed E-state index contributed by atoms with van der Waals surface area (Å²) in [6, 6.07) is 18.2. The number of carbonyl (C=O) groups is 1. The molecule has 0 heterocycles. The van der Waals surface area contributed by atoms with Crippen LogP contribution in [0.4, 0.5) is 15.8 Å². The second kappa shape index (κ2) is 10.3. The summed E-state index contributed by atoms with van der Waals surface area (Å²) in [6.45, 7) is 3.89. The van der Waals surface area contributed by atoms with Gasteiger partial charge in [-0.1, -0.05) is 19.1 Å². The van der Waals surface area contributed by atoms with E-state index in [9.17, 15) is 17.6 Å². The Morgan fingerprint density at radius 1 is 0.938 bits per heavy atom. The molecular weight excluding hydrogens is 431 g/mol. The van der Waals surface area contributed by atoms with Gasteiger partial charge in [-0.3, -0.25) is 9.10 Å². The van der Waals surface area contributed by atoms with Gasteiger partial charge in [0.05, 0.1) is 17.2 Å². The van der Waals surface area contributed by atoms with Crippen LogP contribution >= 0.6 is 0 Å². The van der Waals surface area contributed by atoms with E-state index in [0.717, 1.165) is 28.4 Å². The van der Waals surface area contributed by atoms with Crippen LogP contribution in [0.1, 0.15) is 19.4 Å². The zero-order valence-electron chi connectivity index (χ0n) is 17.9. The van der Waals surface area contributed by atoms with Crippen LogP contribution in [-0.4, -0.2) is 27.5 Å². The number of anilines is 2. The number of aryl methyl sites for hydroxylation is 1. The summed E-state index contributed by atoms with van der Waals surface area (Å²) >= 11 is 0. The van der Waals surface area contributed by atoms with E-state index >= 15 is 0 Å². The number of sulfonamides is 1. The number of halogens is 1. The third kappa shape index (κ3) is 5.64. The Balaban J connectivity index is 1.90. The fourth-order valence-electron chi connectivity index (χ4n) is 3.08. The van der Waals surface area contributed by atoms with Gasteiger partial charge >= 0.3 is 0 Å². The number of hydrogen-bond acceptors (Lipinski definition) is 4. The van der Waals surface area contributed by atoms with Crippen molar-refractivity contribution in [1.29, 1.82) is 0 Å². The minimum atomic E-state index is -4.13. The van der Waals surface area contributed by atoms with E-state index in [1.165, 1.54) is 12.1 Å². The molecule has 0 aliphatic carbocycles. The largest absolute Gasteiger partial charge is 0.494 e. The van der Waals surface area contributed by atoms with E-state index in [4.69, 9.17) is 4.74 Å². The van der Waals surface area contributed by atoms with Gasteiger partial charge < -0.3 is 10.1 Å². The molecular formula is C24H25FN2O4S. The molecule has 0 aromatic heterocycles. The van der Waals surface area contributed by atoms with Gasteiger partial charge in [0.25, 0.3) is 10.0 Å². The average molecular weight is 457 g/mol. The van der Waals surface area contributed by atoms with Crippen molar-refractivity contribution in [3.05, 3.63) is 84.2 Å². The molecule has 168 valence electrons. The lowest BCUT2D eigenvalue weighted by molar-refractivity contribution is -0.114. The van der Waals surface area contributed by atoms with Crippen molar-refractivity contribution in [2.45, 2.75) is 25.2 Å². The molecule has 0 saturated heterocycles. The highest BCUT2D eigenvalue weighted by Gasteiger charge is 2.27. The topological polar surface area (TPSA) is 75.7 Å². The Hall–Kier alpha value is -3.39. The summed E-state index contributed by atoms with van der Waals surface area (Å²) in [7, 11) is -4.13. The van der Waals surface area contributed by atoms with Crippen LogP contribution < -0.4 is 14.4 Å². The molecule has 0 bridgehead atoms. The normalized spacial score (nSPS) is 11.1. The van der Waals surface area contributed by atoms with Gasteiger partial charge in [0.15, 0.2) is 0 Å². The molecule has 0 aliphatic rings. The second-order valence-electron chi connectivity index (χ2n) is 6.99. The summed E-state index contributed by atoms with van der Waals surface area (Å²) in [5.74, 6) is -0.477. The maximum atomic E-state index is 13.3. The van der Waals surface area contributed by atoms with Gasteiger partial charge in [-0.25, -0.2) is 12.8 Å². The summed E-state index contributed by atoms with van der Waals surface area (Å²) in [4.78, 5) is 12.6. The van der Waals surface area contributed by atoms with E-state index in [0.29, 0.717) is 18.0 Å². The van der Waals surface area contributed by atoms with Crippen molar-refractivity contribution in [2.24, 2.45) is 0 Å². The lowest BCUT2D eigenvalue weighted by Crippen LogP contribution is -2.38. The average Bonchev–Trinajstić information content (AvgIpc) is 2.79. The number of benzene rings is 3. The fourth-order valence-corrected chi connectivity index (χ4v) is 4.50. The number of nitrogens with zero attached hydrogens (tertiary/aromatic N) is 1. The lowest BCUT2D eigenvalue weighted by atomic mass is 10.1. The molecule has 0 saturated carbocycles. The standard InChI is InChI=1S/C24H25FN2O4S/c1-3-18-5-9-20(10-6-18)26-24(28)17-27(21-11-13-22(14-12-21)31-4-2)32(29,30)23-15-7-19(25)8-16-23/h5-16H,3-4,17H2,1-2H3,(H,26,28). The Kier molecular flexibility index (Phi) is 7.48. The summed E-state index contributed by atoms with van der Waals surface area (Å²) < 4.78 is 46.4. The Morgan fingerprint density at radius 3 is 2.12 bits per heavy atom. The molecule has 3 aromatic rings. The molecule has 8 heteroatoms. The van der Waals surface area contributed by atoms with Gasteiger partial charge in [0.2, 0.25) is 5.91 Å². The minimum absolute atomic E-state index is 0.118. The van der Waals surface area contributed by atoms with E-state index in [1.807, 2.05) is 26.0 Å². The van der Waals surface area contributed by atoms with Crippen molar-refractivity contribution in [3.8, 4) is 5.75 Å². The molecule has 0 fully saturated rings. The number of ether oxygens (including phenoxy) is 1. The SMILES string of the molecule is CCOc1ccc(N(CC(=O)Nc2ccc(CC)cc2)S(=O)(=O)c2ccc(F)cc2)cc1. The van der Waals surface area contributed by atoms with Crippen LogP contribution in [0.15, 0.2) is 77.7 Å². The van der Waals surface area contributed by atoms with Crippen LogP contribution in [-0.2, 0) is 21.2 Å². The summed E-state index contributed by atoms with van der Waals surface area (Å²) in [5, 5.41) is 2.73. The van der Waals surface area contributed by atoms with E-state index in [-0.39, 0.29) is 10.6 Å². The predicted molar refractivity (Wildman–Crippen MR) is 123 cm³/mol. The molecule has 1 N–H and O–H groups in total. The summed E-state index contributed by atoms with van der Waals surface area (Å²) in [5.41, 5.74) is 1.98. The first-order chi connectivity index (χ1) is 15.3. The molecule has 0 radical (unpaired) electrons. The Morgan fingerprint density at radius 2 is 1.56 bits per heavy atom. The lowest BCUT2D eigenvalue weighted by Gasteiger charge is -2.24. The maximum absolute atomic E-state index is 13.3. The van der Waals surface area contributed by atoms with Crippen LogP contribution in [0.25, 0.3) is 0 Å². The van der Waals surface area contributed by atoms with Crippen molar-refractivity contribution in [3.63, 3.8) is 0 Å². The second-order valence-corrected chi connectivity index (χ2v) is 8.85. The number of rotatable bonds is 9. The molecule has 0 unspecified atom stereocenters. The zero-order valence-corrected chi connectivity index (χ0v) is 18.7. The van der Waals surface area contributed by atoms with Crippen molar-refractivity contribution in [2.75, 3.05) is 22.8 Å². The van der Waals surface area contributed by atoms with Crippen LogP contribution in [0.3, 0.4) is 0 Å². The van der Waals surface area contributed by atoms with Gasteiger partial charge in [-0.2, -0.15) is 0 Å². The van der Waals surface area contributed by atoms with E-state index < -0.39 is 28.3 Å². The highest BCUT2D eigenvalue weighted by atomic mass is 32.2. The molecule has 32 heavy (non-hydrogen) atoms. The summed E-state index contributed by atoms with van der Waals surface area (Å²) in [6.07, 6.45) is 0.871. The fraction of sp³-hybridized carbons (Fsp3) is 0.208. The number of hydrogen-bond donors (Lipinski definition) is 1. The zero-order chi connectivity index (χ0) is 23.1. The van der Waals surface area contributed by atoms with Crippen molar-refractivity contribution in [1.82, 2.24) is 0 Å². The molecule has 0 atom stereocenters. The third-order valence-corrected chi connectivity index (χ3v) is 6.56. The Bertz CT molecular complexity index is 1150. The molecule has 3 aromatic carbocycles. The molecule has 0 aliphatic heterocycles.